The van der Waals surface area contributed by atoms with Crippen LogP contribution in [0.25, 0.3) is 0 Å². The number of carbonyl (C=O) groups is 1. The van der Waals surface area contributed by atoms with Crippen LogP contribution in [0.5, 0.6) is 5.75 Å². The zero-order valence-electron chi connectivity index (χ0n) is 8.97. The first kappa shape index (κ1) is 15.6. The van der Waals surface area contributed by atoms with Crippen molar-refractivity contribution in [3.05, 3.63) is 23.0 Å². The van der Waals surface area contributed by atoms with E-state index >= 15 is 0 Å². The minimum Gasteiger partial charge on any atom is -0.404 e. The fraction of sp³-hybridized carbons (Fsp3) is 0.333. The maximum Gasteiger partial charge on any atom is 0.573 e. The molecule has 0 radical (unpaired) electrons. The van der Waals surface area contributed by atoms with Gasteiger partial charge in [-0.3, -0.25) is 4.79 Å². The standard InChI is InChI=1S/C9H6ClF5N2O2/c10-7(18)3-1-5(19-9(13,14)15)6(8(11)12)17-4(3)2-16/h1,8H,2,16H2. The van der Waals surface area contributed by atoms with E-state index < -0.39 is 41.6 Å². The number of ether oxygens (including phenoxy) is 1. The summed E-state index contributed by atoms with van der Waals surface area (Å²) in [5, 5.41) is -1.18. The molecule has 0 amide bonds. The summed E-state index contributed by atoms with van der Waals surface area (Å²) in [5.41, 5.74) is 3.03. The maximum absolute atomic E-state index is 12.6. The Morgan fingerprint density at radius 3 is 2.42 bits per heavy atom. The molecule has 0 atom stereocenters. The van der Waals surface area contributed by atoms with Crippen molar-refractivity contribution in [3.63, 3.8) is 0 Å². The van der Waals surface area contributed by atoms with Crippen LogP contribution in [-0.4, -0.2) is 16.6 Å². The number of pyridine rings is 1. The summed E-state index contributed by atoms with van der Waals surface area (Å²) in [7, 11) is 0. The van der Waals surface area contributed by atoms with Crippen LogP contribution in [0.2, 0.25) is 0 Å². The van der Waals surface area contributed by atoms with Crippen molar-refractivity contribution >= 4 is 16.8 Å². The smallest absolute Gasteiger partial charge is 0.404 e. The molecular formula is C9H6ClF5N2O2. The molecule has 10 heteroatoms. The fourth-order valence-electron chi connectivity index (χ4n) is 1.24. The SMILES string of the molecule is NCc1nc(C(F)F)c(OC(F)(F)F)cc1C(=O)Cl. The van der Waals surface area contributed by atoms with Gasteiger partial charge < -0.3 is 10.5 Å². The van der Waals surface area contributed by atoms with Gasteiger partial charge in [-0.1, -0.05) is 0 Å². The second-order valence-electron chi connectivity index (χ2n) is 3.19. The molecule has 0 aliphatic rings. The lowest BCUT2D eigenvalue weighted by atomic mass is 10.1. The predicted octanol–water partition coefficient (Wildman–Crippen LogP) is 2.76. The van der Waals surface area contributed by atoms with Crippen LogP contribution in [0, 0.1) is 0 Å². The van der Waals surface area contributed by atoms with Gasteiger partial charge in [0.25, 0.3) is 11.7 Å². The van der Waals surface area contributed by atoms with E-state index in [-0.39, 0.29) is 5.69 Å². The molecule has 106 valence electrons. The molecule has 2 N–H and O–H groups in total. The number of rotatable bonds is 4. The largest absolute Gasteiger partial charge is 0.573 e. The number of carbonyl (C=O) groups excluding carboxylic acids is 1. The Hall–Kier alpha value is -1.48. The molecule has 0 saturated carbocycles. The van der Waals surface area contributed by atoms with Crippen molar-refractivity contribution in [2.24, 2.45) is 5.73 Å². The Labute approximate surface area is 108 Å². The minimum atomic E-state index is -5.21. The van der Waals surface area contributed by atoms with Crippen molar-refractivity contribution in [2.75, 3.05) is 0 Å². The average molecular weight is 305 g/mol. The molecule has 19 heavy (non-hydrogen) atoms. The molecule has 0 saturated heterocycles. The molecule has 1 rings (SSSR count). The van der Waals surface area contributed by atoms with Crippen LogP contribution in [0.1, 0.15) is 28.2 Å². The van der Waals surface area contributed by atoms with E-state index in [4.69, 9.17) is 17.3 Å². The van der Waals surface area contributed by atoms with E-state index in [0.29, 0.717) is 6.07 Å². The van der Waals surface area contributed by atoms with Crippen LogP contribution in [0.3, 0.4) is 0 Å². The van der Waals surface area contributed by atoms with Gasteiger partial charge >= 0.3 is 6.36 Å². The number of aromatic nitrogens is 1. The Morgan fingerprint density at radius 1 is 1.47 bits per heavy atom. The highest BCUT2D eigenvalue weighted by atomic mass is 35.5. The molecule has 1 aromatic heterocycles. The van der Waals surface area contributed by atoms with Gasteiger partial charge in [-0.15, -0.1) is 13.2 Å². The monoisotopic (exact) mass is 304 g/mol. The molecule has 1 heterocycles. The van der Waals surface area contributed by atoms with Gasteiger partial charge in [-0.05, 0) is 17.7 Å². The van der Waals surface area contributed by atoms with Gasteiger partial charge in [0, 0.05) is 6.54 Å². The van der Waals surface area contributed by atoms with Crippen LogP contribution in [0.4, 0.5) is 22.0 Å². The van der Waals surface area contributed by atoms with Crippen LogP contribution in [-0.2, 0) is 6.54 Å². The highest BCUT2D eigenvalue weighted by molar-refractivity contribution is 6.67. The van der Waals surface area contributed by atoms with E-state index in [2.05, 4.69) is 9.72 Å². The topological polar surface area (TPSA) is 65.2 Å². The van der Waals surface area contributed by atoms with Gasteiger partial charge in [-0.25, -0.2) is 13.8 Å². The van der Waals surface area contributed by atoms with E-state index in [0.717, 1.165) is 0 Å². The summed E-state index contributed by atoms with van der Waals surface area (Å²) in [6.45, 7) is -0.445. The summed E-state index contributed by atoms with van der Waals surface area (Å²) >= 11 is 5.10. The summed E-state index contributed by atoms with van der Waals surface area (Å²) in [5.74, 6) is -1.29. The van der Waals surface area contributed by atoms with Crippen LogP contribution < -0.4 is 10.5 Å². The zero-order valence-corrected chi connectivity index (χ0v) is 9.73. The highest BCUT2D eigenvalue weighted by Crippen LogP contribution is 2.33. The molecule has 0 fully saturated rings. The summed E-state index contributed by atoms with van der Waals surface area (Å²) in [6.07, 6.45) is -8.54. The van der Waals surface area contributed by atoms with Crippen molar-refractivity contribution in [1.29, 1.82) is 0 Å². The quantitative estimate of drug-likeness (QED) is 0.686. The van der Waals surface area contributed by atoms with Crippen molar-refractivity contribution in [2.45, 2.75) is 19.3 Å². The van der Waals surface area contributed by atoms with Crippen molar-refractivity contribution < 1.29 is 31.5 Å². The van der Waals surface area contributed by atoms with E-state index in [1.165, 1.54) is 0 Å². The van der Waals surface area contributed by atoms with Crippen LogP contribution >= 0.6 is 11.6 Å². The molecule has 0 unspecified atom stereocenters. The first-order valence-electron chi connectivity index (χ1n) is 4.63. The third-order valence-corrected chi connectivity index (χ3v) is 2.14. The van der Waals surface area contributed by atoms with Gasteiger partial charge in [0.15, 0.2) is 5.75 Å². The predicted molar refractivity (Wildman–Crippen MR) is 54.0 cm³/mol. The van der Waals surface area contributed by atoms with Crippen LogP contribution in [0.15, 0.2) is 6.07 Å². The molecular weight excluding hydrogens is 299 g/mol. The van der Waals surface area contributed by atoms with Gasteiger partial charge in [0.05, 0.1) is 11.3 Å². The second kappa shape index (κ2) is 5.66. The summed E-state index contributed by atoms with van der Waals surface area (Å²) in [6, 6.07) is 0.444. The Morgan fingerprint density at radius 2 is 2.05 bits per heavy atom. The number of halogens is 6. The third kappa shape index (κ3) is 4.00. The first-order valence-corrected chi connectivity index (χ1v) is 5.01. The van der Waals surface area contributed by atoms with E-state index in [9.17, 15) is 26.7 Å². The Kier molecular flexibility index (Phi) is 4.64. The molecule has 0 aromatic carbocycles. The lowest BCUT2D eigenvalue weighted by Crippen LogP contribution is -2.20. The normalized spacial score (nSPS) is 11.8. The zero-order chi connectivity index (χ0) is 14.8. The minimum absolute atomic E-state index is 0.343. The first-order chi connectivity index (χ1) is 8.65. The molecule has 0 spiro atoms. The maximum atomic E-state index is 12.6. The Balaban J connectivity index is 3.41. The summed E-state index contributed by atoms with van der Waals surface area (Å²) < 4.78 is 64.7. The molecule has 1 aromatic rings. The van der Waals surface area contributed by atoms with Gasteiger partial charge in [-0.2, -0.15) is 0 Å². The fourth-order valence-corrected chi connectivity index (χ4v) is 1.40. The van der Waals surface area contributed by atoms with Gasteiger partial charge in [0.2, 0.25) is 0 Å². The lowest BCUT2D eigenvalue weighted by Gasteiger charge is -2.14. The third-order valence-electron chi connectivity index (χ3n) is 1.93. The number of hydrogen-bond donors (Lipinski definition) is 1. The van der Waals surface area contributed by atoms with Gasteiger partial charge in [0.1, 0.15) is 5.69 Å². The number of alkyl halides is 5. The average Bonchev–Trinajstić information content (AvgIpc) is 2.25. The number of nitrogens with two attached hydrogens (primary N) is 1. The number of hydrogen-bond acceptors (Lipinski definition) is 4. The highest BCUT2D eigenvalue weighted by Gasteiger charge is 2.34. The molecule has 0 bridgehead atoms. The van der Waals surface area contributed by atoms with E-state index in [1.807, 2.05) is 0 Å². The molecule has 0 aliphatic heterocycles. The van der Waals surface area contributed by atoms with E-state index in [1.54, 1.807) is 0 Å². The second-order valence-corrected chi connectivity index (χ2v) is 3.54. The Bertz CT molecular complexity index is 492. The lowest BCUT2D eigenvalue weighted by molar-refractivity contribution is -0.275. The number of nitrogens with zero attached hydrogens (tertiary/aromatic N) is 1. The molecule has 4 nitrogen and oxygen atoms in total. The van der Waals surface area contributed by atoms with Crippen molar-refractivity contribution in [1.82, 2.24) is 4.98 Å². The summed E-state index contributed by atoms with van der Waals surface area (Å²) in [4.78, 5) is 14.2. The molecule has 0 aliphatic carbocycles. The van der Waals surface area contributed by atoms with Crippen molar-refractivity contribution in [3.8, 4) is 5.75 Å².